The number of anilines is 1. The van der Waals surface area contributed by atoms with Crippen LogP contribution in [0.4, 0.5) is 5.69 Å². The number of likely N-dealkylation sites (tertiary alicyclic amines) is 1. The monoisotopic (exact) mass is 355 g/mol. The first-order valence-corrected chi connectivity index (χ1v) is 8.72. The molecular weight excluding hydrogens is 338 g/mol. The van der Waals surface area contributed by atoms with Crippen molar-refractivity contribution in [3.63, 3.8) is 0 Å². The number of imide groups is 1. The van der Waals surface area contributed by atoms with E-state index < -0.39 is 0 Å². The van der Waals surface area contributed by atoms with Crippen LogP contribution in [-0.2, 0) is 9.59 Å². The molecule has 0 spiro atoms. The van der Waals surface area contributed by atoms with Crippen LogP contribution >= 0.6 is 11.6 Å². The first-order chi connectivity index (χ1) is 12.1. The van der Waals surface area contributed by atoms with Crippen LogP contribution in [0.25, 0.3) is 10.9 Å². The average Bonchev–Trinajstić information content (AvgIpc) is 2.84. The molecule has 1 aliphatic heterocycles. The number of nitrogens with zero attached hydrogens (tertiary/aromatic N) is 2. The molecule has 0 bridgehead atoms. The van der Waals surface area contributed by atoms with E-state index >= 15 is 0 Å². The first kappa shape index (κ1) is 16.1. The number of rotatable bonds is 3. The molecule has 1 saturated heterocycles. The topological polar surface area (TPSA) is 62.3 Å². The van der Waals surface area contributed by atoms with E-state index in [1.54, 1.807) is 6.20 Å². The van der Waals surface area contributed by atoms with Crippen LogP contribution in [0.5, 0.6) is 0 Å². The third-order valence-corrected chi connectivity index (χ3v) is 5.39. The van der Waals surface area contributed by atoms with Crippen molar-refractivity contribution in [2.75, 3.05) is 12.0 Å². The number of hydrogen-bond donors (Lipinski definition) is 1. The van der Waals surface area contributed by atoms with Crippen molar-refractivity contribution < 1.29 is 9.59 Å². The number of halogens is 1. The van der Waals surface area contributed by atoms with Crippen molar-refractivity contribution in [3.8, 4) is 0 Å². The highest BCUT2D eigenvalue weighted by molar-refractivity contribution is 6.30. The SMILES string of the molecule is Cc1ccnc2c(NCN3C(=O)[C@@H]4CC=C(Cl)C[C@H]4C3=O)cccc12. The maximum Gasteiger partial charge on any atom is 0.234 e. The highest BCUT2D eigenvalue weighted by Gasteiger charge is 2.48. The van der Waals surface area contributed by atoms with Gasteiger partial charge in [0.05, 0.1) is 29.7 Å². The van der Waals surface area contributed by atoms with Crippen LogP contribution in [0, 0.1) is 18.8 Å². The van der Waals surface area contributed by atoms with Gasteiger partial charge < -0.3 is 5.32 Å². The van der Waals surface area contributed by atoms with Gasteiger partial charge >= 0.3 is 0 Å². The van der Waals surface area contributed by atoms with Crippen molar-refractivity contribution in [3.05, 3.63) is 47.1 Å². The molecule has 1 fully saturated rings. The number of pyridine rings is 1. The lowest BCUT2D eigenvalue weighted by atomic mass is 9.85. The summed E-state index contributed by atoms with van der Waals surface area (Å²) in [5.74, 6) is -0.852. The Morgan fingerprint density at radius 1 is 1.24 bits per heavy atom. The maximum atomic E-state index is 12.6. The summed E-state index contributed by atoms with van der Waals surface area (Å²) in [4.78, 5) is 30.9. The van der Waals surface area contributed by atoms with Gasteiger partial charge in [-0.05, 0) is 37.5 Å². The molecule has 6 heteroatoms. The van der Waals surface area contributed by atoms with Gasteiger partial charge in [-0.2, -0.15) is 0 Å². The van der Waals surface area contributed by atoms with E-state index in [2.05, 4.69) is 10.3 Å². The molecule has 4 rings (SSSR count). The number of fused-ring (bicyclic) bond motifs is 2. The Kier molecular flexibility index (Phi) is 3.96. The summed E-state index contributed by atoms with van der Waals surface area (Å²) in [6.45, 7) is 2.18. The van der Waals surface area contributed by atoms with E-state index in [1.165, 1.54) is 4.90 Å². The second kappa shape index (κ2) is 6.15. The quantitative estimate of drug-likeness (QED) is 0.857. The van der Waals surface area contributed by atoms with E-state index in [-0.39, 0.29) is 30.3 Å². The molecule has 0 unspecified atom stereocenters. The Balaban J connectivity index is 1.56. The molecule has 2 amide bonds. The van der Waals surface area contributed by atoms with Crippen molar-refractivity contribution in [1.82, 2.24) is 9.88 Å². The summed E-state index contributed by atoms with van der Waals surface area (Å²) in [6, 6.07) is 7.82. The average molecular weight is 356 g/mol. The summed E-state index contributed by atoms with van der Waals surface area (Å²) >= 11 is 6.05. The number of hydrogen-bond acceptors (Lipinski definition) is 4. The fraction of sp³-hybridized carbons (Fsp3) is 0.316. The van der Waals surface area contributed by atoms with Crippen molar-refractivity contribution in [2.45, 2.75) is 19.8 Å². The molecular formula is C19H18ClN3O2. The van der Waals surface area contributed by atoms with E-state index in [0.717, 1.165) is 22.2 Å². The Bertz CT molecular complexity index is 909. The van der Waals surface area contributed by atoms with Gasteiger partial charge in [0.25, 0.3) is 0 Å². The number of nitrogens with one attached hydrogen (secondary N) is 1. The van der Waals surface area contributed by atoms with Crippen molar-refractivity contribution in [1.29, 1.82) is 0 Å². The largest absolute Gasteiger partial charge is 0.365 e. The summed E-state index contributed by atoms with van der Waals surface area (Å²) < 4.78 is 0. The second-order valence-electron chi connectivity index (χ2n) is 6.57. The molecule has 1 N–H and O–H groups in total. The first-order valence-electron chi connectivity index (χ1n) is 8.34. The number of carbonyl (C=O) groups excluding carboxylic acids is 2. The molecule has 5 nitrogen and oxygen atoms in total. The Labute approximate surface area is 150 Å². The summed E-state index contributed by atoms with van der Waals surface area (Å²) in [6.07, 6.45) is 4.61. The van der Waals surface area contributed by atoms with E-state index in [0.29, 0.717) is 17.9 Å². The minimum atomic E-state index is -0.320. The number of aromatic nitrogens is 1. The predicted octanol–water partition coefficient (Wildman–Crippen LogP) is 3.43. The van der Waals surface area contributed by atoms with Crippen LogP contribution < -0.4 is 5.32 Å². The number of amides is 2. The molecule has 0 saturated carbocycles. The van der Waals surface area contributed by atoms with Crippen LogP contribution in [-0.4, -0.2) is 28.4 Å². The lowest BCUT2D eigenvalue weighted by Crippen LogP contribution is -2.35. The Hall–Kier alpha value is -2.40. The van der Waals surface area contributed by atoms with Crippen LogP contribution in [0.2, 0.25) is 0 Å². The van der Waals surface area contributed by atoms with Gasteiger partial charge in [-0.1, -0.05) is 29.8 Å². The molecule has 0 radical (unpaired) electrons. The predicted molar refractivity (Wildman–Crippen MR) is 97.0 cm³/mol. The zero-order valence-electron chi connectivity index (χ0n) is 13.8. The maximum absolute atomic E-state index is 12.6. The minimum absolute atomic E-state index is 0.118. The van der Waals surface area contributed by atoms with Gasteiger partial charge in [-0.25, -0.2) is 0 Å². The molecule has 1 aromatic carbocycles. The molecule has 25 heavy (non-hydrogen) atoms. The molecule has 2 atom stereocenters. The van der Waals surface area contributed by atoms with Gasteiger partial charge in [-0.15, -0.1) is 0 Å². The van der Waals surface area contributed by atoms with Gasteiger partial charge in [-0.3, -0.25) is 19.5 Å². The summed E-state index contributed by atoms with van der Waals surface area (Å²) in [5.41, 5.74) is 2.78. The smallest absolute Gasteiger partial charge is 0.234 e. The van der Waals surface area contributed by atoms with Gasteiger partial charge in [0.2, 0.25) is 11.8 Å². The van der Waals surface area contributed by atoms with Gasteiger partial charge in [0.1, 0.15) is 0 Å². The zero-order valence-corrected chi connectivity index (χ0v) is 14.6. The number of carbonyl (C=O) groups is 2. The fourth-order valence-electron chi connectivity index (χ4n) is 3.67. The number of aryl methyl sites for hydroxylation is 1. The van der Waals surface area contributed by atoms with Crippen molar-refractivity contribution in [2.24, 2.45) is 11.8 Å². The number of benzene rings is 1. The van der Waals surface area contributed by atoms with Crippen LogP contribution in [0.15, 0.2) is 41.6 Å². The number of allylic oxidation sites excluding steroid dienone is 2. The van der Waals surface area contributed by atoms with Crippen molar-refractivity contribution >= 4 is 40.0 Å². The normalized spacial score (nSPS) is 23.0. The molecule has 128 valence electrons. The second-order valence-corrected chi connectivity index (χ2v) is 7.06. The molecule has 1 aliphatic carbocycles. The number of para-hydroxylation sites is 1. The van der Waals surface area contributed by atoms with E-state index in [1.807, 2.05) is 37.3 Å². The zero-order chi connectivity index (χ0) is 17.6. The Morgan fingerprint density at radius 3 is 2.88 bits per heavy atom. The fourth-order valence-corrected chi connectivity index (χ4v) is 3.93. The lowest BCUT2D eigenvalue weighted by molar-refractivity contribution is -0.139. The van der Waals surface area contributed by atoms with Crippen LogP contribution in [0.1, 0.15) is 18.4 Å². The highest BCUT2D eigenvalue weighted by atomic mass is 35.5. The minimum Gasteiger partial charge on any atom is -0.365 e. The standard InChI is InChI=1S/C19H18ClN3O2/c1-11-7-8-21-17-13(11)3-2-4-16(17)22-10-23-18(24)14-6-5-12(20)9-15(14)19(23)25/h2-5,7-8,14-15,22H,6,9-10H2,1H3/t14-,15-/m1/s1. The Morgan fingerprint density at radius 2 is 2.04 bits per heavy atom. The molecule has 2 heterocycles. The highest BCUT2D eigenvalue weighted by Crippen LogP contribution is 2.38. The lowest BCUT2D eigenvalue weighted by Gasteiger charge is -2.17. The van der Waals surface area contributed by atoms with Gasteiger partial charge in [0, 0.05) is 16.6 Å². The molecule has 2 aliphatic rings. The third kappa shape index (κ3) is 2.68. The van der Waals surface area contributed by atoms with E-state index in [9.17, 15) is 9.59 Å². The summed E-state index contributed by atoms with van der Waals surface area (Å²) in [7, 11) is 0. The van der Waals surface area contributed by atoms with Crippen LogP contribution in [0.3, 0.4) is 0 Å². The van der Waals surface area contributed by atoms with Gasteiger partial charge in [0.15, 0.2) is 0 Å². The molecule has 2 aromatic rings. The van der Waals surface area contributed by atoms with E-state index in [4.69, 9.17) is 11.6 Å². The summed E-state index contributed by atoms with van der Waals surface area (Å²) in [5, 5.41) is 4.93. The molecule has 1 aromatic heterocycles. The third-order valence-electron chi connectivity index (χ3n) is 5.08.